The van der Waals surface area contributed by atoms with Crippen molar-refractivity contribution in [1.82, 2.24) is 20.4 Å². The van der Waals surface area contributed by atoms with Crippen LogP contribution in [0, 0.1) is 6.92 Å². The Bertz CT molecular complexity index is 449. The minimum Gasteiger partial charge on any atom is -0.338 e. The zero-order valence-electron chi connectivity index (χ0n) is 11.3. The fraction of sp³-hybridized carbons (Fsp3) is 0.692. The van der Waals surface area contributed by atoms with Crippen LogP contribution in [0.2, 0.25) is 0 Å². The van der Waals surface area contributed by atoms with E-state index in [1.165, 1.54) is 12.8 Å². The van der Waals surface area contributed by atoms with Crippen LogP contribution in [0.25, 0.3) is 0 Å². The summed E-state index contributed by atoms with van der Waals surface area (Å²) in [5.74, 6) is 0.0903. The van der Waals surface area contributed by atoms with Crippen LogP contribution in [0.3, 0.4) is 0 Å². The zero-order valence-corrected chi connectivity index (χ0v) is 12.2. The number of nitrogens with one attached hydrogen (secondary N) is 2. The highest BCUT2D eigenvalue weighted by molar-refractivity contribution is 5.95. The average Bonchev–Trinajstić information content (AvgIpc) is 2.93. The number of aromatic nitrogens is 2. The van der Waals surface area contributed by atoms with E-state index in [0.29, 0.717) is 23.7 Å². The van der Waals surface area contributed by atoms with Crippen LogP contribution in [0.5, 0.6) is 0 Å². The second kappa shape index (κ2) is 5.51. The third-order valence-electron chi connectivity index (χ3n) is 4.38. The van der Waals surface area contributed by atoms with Gasteiger partial charge in [-0.3, -0.25) is 9.89 Å². The maximum Gasteiger partial charge on any atom is 0.257 e. The molecule has 1 amide bonds. The lowest BCUT2D eigenvalue weighted by molar-refractivity contribution is 0.0681. The van der Waals surface area contributed by atoms with Gasteiger partial charge in [0.25, 0.3) is 5.91 Å². The van der Waals surface area contributed by atoms with E-state index in [9.17, 15) is 4.79 Å². The molecule has 19 heavy (non-hydrogen) atoms. The fourth-order valence-corrected chi connectivity index (χ4v) is 3.27. The molecule has 2 fully saturated rings. The molecule has 1 aromatic rings. The number of nitrogens with zero attached hydrogens (tertiary/aromatic N) is 2. The van der Waals surface area contributed by atoms with Gasteiger partial charge in [0.2, 0.25) is 0 Å². The number of fused-ring (bicyclic) bond motifs is 2. The largest absolute Gasteiger partial charge is 0.338 e. The predicted molar refractivity (Wildman–Crippen MR) is 75.6 cm³/mol. The molecule has 2 unspecified atom stereocenters. The predicted octanol–water partition coefficient (Wildman–Crippen LogP) is 1.49. The molecule has 6 heteroatoms. The number of aryl methyl sites for hydroxylation is 1. The van der Waals surface area contributed by atoms with Gasteiger partial charge in [-0.1, -0.05) is 0 Å². The van der Waals surface area contributed by atoms with Crippen LogP contribution in [0.4, 0.5) is 0 Å². The summed E-state index contributed by atoms with van der Waals surface area (Å²) in [5.41, 5.74) is 1.55. The van der Waals surface area contributed by atoms with Gasteiger partial charge >= 0.3 is 0 Å². The van der Waals surface area contributed by atoms with Crippen molar-refractivity contribution in [3.63, 3.8) is 0 Å². The molecule has 3 rings (SSSR count). The number of halogens is 1. The highest BCUT2D eigenvalue weighted by atomic mass is 35.5. The van der Waals surface area contributed by atoms with E-state index in [-0.39, 0.29) is 18.3 Å². The van der Waals surface area contributed by atoms with Gasteiger partial charge in [-0.15, -0.1) is 12.4 Å². The molecule has 2 atom stereocenters. The van der Waals surface area contributed by atoms with Gasteiger partial charge in [-0.05, 0) is 32.6 Å². The fourth-order valence-electron chi connectivity index (χ4n) is 3.27. The number of hydrogen-bond donors (Lipinski definition) is 2. The molecule has 3 heterocycles. The average molecular weight is 285 g/mol. The molecule has 0 aliphatic carbocycles. The Morgan fingerprint density at radius 3 is 2.53 bits per heavy atom. The number of hydrogen-bond acceptors (Lipinski definition) is 3. The van der Waals surface area contributed by atoms with Crippen LogP contribution in [-0.2, 0) is 0 Å². The number of carbonyl (C=O) groups is 1. The first-order valence-corrected chi connectivity index (χ1v) is 6.68. The van der Waals surface area contributed by atoms with Crippen LogP contribution >= 0.6 is 12.4 Å². The third-order valence-corrected chi connectivity index (χ3v) is 4.38. The number of aromatic amines is 1. The van der Waals surface area contributed by atoms with Crippen molar-refractivity contribution < 1.29 is 4.79 Å². The Morgan fingerprint density at radius 2 is 2.00 bits per heavy atom. The van der Waals surface area contributed by atoms with Crippen molar-refractivity contribution in [1.29, 1.82) is 0 Å². The monoisotopic (exact) mass is 284 g/mol. The summed E-state index contributed by atoms with van der Waals surface area (Å²) in [5, 5.41) is 10.4. The summed E-state index contributed by atoms with van der Waals surface area (Å²) < 4.78 is 0. The van der Waals surface area contributed by atoms with E-state index < -0.39 is 0 Å². The molecule has 2 aliphatic heterocycles. The lowest BCUT2D eigenvalue weighted by Crippen LogP contribution is -2.48. The Morgan fingerprint density at radius 1 is 1.37 bits per heavy atom. The van der Waals surface area contributed by atoms with E-state index in [0.717, 1.165) is 18.5 Å². The van der Waals surface area contributed by atoms with E-state index >= 15 is 0 Å². The molecule has 106 valence electrons. The number of amides is 1. The maximum absolute atomic E-state index is 12.4. The van der Waals surface area contributed by atoms with Gasteiger partial charge in [0.05, 0.1) is 11.8 Å². The van der Waals surface area contributed by atoms with Crippen LogP contribution in [0.15, 0.2) is 6.20 Å². The standard InChI is InChI=1S/C13H20N4O.ClH/c1-8-12(7-14-16-8)13(18)17(2)11-5-9-3-4-10(6-11)15-9;/h7,9-11,15H,3-6H2,1-2H3,(H,14,16);1H. The minimum atomic E-state index is 0. The first-order valence-electron chi connectivity index (χ1n) is 6.68. The van der Waals surface area contributed by atoms with Crippen LogP contribution in [-0.4, -0.2) is 46.2 Å². The third kappa shape index (κ3) is 2.62. The molecule has 0 aromatic carbocycles. The Balaban J connectivity index is 0.00000133. The van der Waals surface area contributed by atoms with E-state index in [4.69, 9.17) is 0 Å². The molecule has 0 radical (unpaired) electrons. The molecule has 2 aliphatic rings. The van der Waals surface area contributed by atoms with Crippen molar-refractivity contribution in [2.45, 2.75) is 50.7 Å². The van der Waals surface area contributed by atoms with E-state index in [1.54, 1.807) is 6.20 Å². The smallest absolute Gasteiger partial charge is 0.257 e. The molecule has 2 saturated heterocycles. The zero-order chi connectivity index (χ0) is 12.7. The van der Waals surface area contributed by atoms with Crippen LogP contribution < -0.4 is 5.32 Å². The van der Waals surface area contributed by atoms with E-state index in [2.05, 4.69) is 15.5 Å². The van der Waals surface area contributed by atoms with Gasteiger partial charge in [0.1, 0.15) is 0 Å². The number of rotatable bonds is 2. The molecular weight excluding hydrogens is 264 g/mol. The highest BCUT2D eigenvalue weighted by Gasteiger charge is 2.36. The SMILES string of the molecule is Cc1[nH]ncc1C(=O)N(C)C1CC2CCC(C1)N2.Cl. The molecule has 2 N–H and O–H groups in total. The number of carbonyl (C=O) groups excluding carboxylic acids is 1. The minimum absolute atomic E-state index is 0. The second-order valence-corrected chi connectivity index (χ2v) is 5.59. The van der Waals surface area contributed by atoms with Gasteiger partial charge in [0.15, 0.2) is 0 Å². The van der Waals surface area contributed by atoms with E-state index in [1.807, 2.05) is 18.9 Å². The van der Waals surface area contributed by atoms with Crippen molar-refractivity contribution in [3.05, 3.63) is 17.5 Å². The van der Waals surface area contributed by atoms with Crippen LogP contribution in [0.1, 0.15) is 41.7 Å². The molecule has 1 aromatic heterocycles. The van der Waals surface area contributed by atoms with Crippen molar-refractivity contribution in [3.8, 4) is 0 Å². The normalized spacial score (nSPS) is 28.8. The lowest BCUT2D eigenvalue weighted by Gasteiger charge is -2.35. The van der Waals surface area contributed by atoms with Crippen molar-refractivity contribution in [2.24, 2.45) is 0 Å². The summed E-state index contributed by atoms with van der Waals surface area (Å²) in [4.78, 5) is 14.3. The molecule has 0 spiro atoms. The molecule has 0 saturated carbocycles. The Labute approximate surface area is 119 Å². The lowest BCUT2D eigenvalue weighted by atomic mass is 9.98. The summed E-state index contributed by atoms with van der Waals surface area (Å²) in [6.45, 7) is 1.89. The summed E-state index contributed by atoms with van der Waals surface area (Å²) >= 11 is 0. The number of H-pyrrole nitrogens is 1. The first kappa shape index (κ1) is 14.3. The maximum atomic E-state index is 12.4. The first-order chi connectivity index (χ1) is 8.65. The summed E-state index contributed by atoms with van der Waals surface area (Å²) in [6.07, 6.45) is 6.30. The van der Waals surface area contributed by atoms with Gasteiger partial charge < -0.3 is 10.2 Å². The summed E-state index contributed by atoms with van der Waals surface area (Å²) in [6, 6.07) is 1.58. The molecule has 5 nitrogen and oxygen atoms in total. The topological polar surface area (TPSA) is 61.0 Å². The Hall–Kier alpha value is -1.07. The molecule has 2 bridgehead atoms. The Kier molecular flexibility index (Phi) is 4.16. The highest BCUT2D eigenvalue weighted by Crippen LogP contribution is 2.29. The second-order valence-electron chi connectivity index (χ2n) is 5.59. The summed E-state index contributed by atoms with van der Waals surface area (Å²) in [7, 11) is 1.92. The quantitative estimate of drug-likeness (QED) is 0.865. The van der Waals surface area contributed by atoms with Crippen molar-refractivity contribution >= 4 is 18.3 Å². The van der Waals surface area contributed by atoms with Crippen molar-refractivity contribution in [2.75, 3.05) is 7.05 Å². The molecular formula is C13H21ClN4O. The van der Waals surface area contributed by atoms with Gasteiger partial charge in [-0.2, -0.15) is 5.10 Å². The van der Waals surface area contributed by atoms with Gasteiger partial charge in [-0.25, -0.2) is 0 Å². The van der Waals surface area contributed by atoms with Gasteiger partial charge in [0, 0.05) is 30.9 Å². The number of piperidine rings is 1.